The molecule has 2 aromatic carbocycles. The highest BCUT2D eigenvalue weighted by Gasteiger charge is 2.31. The second-order valence-electron chi connectivity index (χ2n) is 6.72. The standard InChI is InChI=1S/C22H26N2O4/c1-3-21(25)24-15-7-6-8-18(24)22(26)23-16-11-13-17(14-12-16)28-20-10-5-4-9-19(20)27-2/h4-5,9-14,18H,3,6-8,15H2,1-2H3,(H,23,26)/t18-/m1/s1. The van der Waals surface area contributed by atoms with Crippen LogP contribution in [0, 0.1) is 0 Å². The number of rotatable bonds is 6. The number of hydrogen-bond donors (Lipinski definition) is 1. The van der Waals surface area contributed by atoms with Gasteiger partial charge in [0.2, 0.25) is 11.8 Å². The molecule has 1 aliphatic heterocycles. The minimum Gasteiger partial charge on any atom is -0.493 e. The lowest BCUT2D eigenvalue weighted by Gasteiger charge is -2.34. The molecule has 6 nitrogen and oxygen atoms in total. The molecule has 0 bridgehead atoms. The molecule has 1 heterocycles. The summed E-state index contributed by atoms with van der Waals surface area (Å²) in [4.78, 5) is 26.5. The number of ether oxygens (including phenoxy) is 2. The first-order chi connectivity index (χ1) is 13.6. The summed E-state index contributed by atoms with van der Waals surface area (Å²) in [6, 6.07) is 14.2. The number of likely N-dealkylation sites (tertiary alicyclic amines) is 1. The predicted molar refractivity (Wildman–Crippen MR) is 108 cm³/mol. The van der Waals surface area contributed by atoms with Crippen molar-refractivity contribution in [2.45, 2.75) is 38.6 Å². The molecule has 1 N–H and O–H groups in total. The van der Waals surface area contributed by atoms with Crippen LogP contribution >= 0.6 is 0 Å². The van der Waals surface area contributed by atoms with Gasteiger partial charge in [0, 0.05) is 18.7 Å². The van der Waals surface area contributed by atoms with Crippen molar-refractivity contribution in [3.63, 3.8) is 0 Å². The fourth-order valence-corrected chi connectivity index (χ4v) is 3.37. The van der Waals surface area contributed by atoms with Crippen LogP contribution in [0.3, 0.4) is 0 Å². The molecule has 0 unspecified atom stereocenters. The zero-order valence-electron chi connectivity index (χ0n) is 16.3. The van der Waals surface area contributed by atoms with Gasteiger partial charge in [-0.15, -0.1) is 0 Å². The largest absolute Gasteiger partial charge is 0.493 e. The highest BCUT2D eigenvalue weighted by Crippen LogP contribution is 2.31. The lowest BCUT2D eigenvalue weighted by atomic mass is 10.0. The van der Waals surface area contributed by atoms with Crippen LogP contribution in [-0.4, -0.2) is 36.4 Å². The number of nitrogens with one attached hydrogen (secondary N) is 1. The van der Waals surface area contributed by atoms with E-state index in [0.29, 0.717) is 42.3 Å². The number of nitrogens with zero attached hydrogens (tertiary/aromatic N) is 1. The van der Waals surface area contributed by atoms with E-state index >= 15 is 0 Å². The van der Waals surface area contributed by atoms with Crippen molar-refractivity contribution in [2.75, 3.05) is 19.0 Å². The van der Waals surface area contributed by atoms with Crippen LogP contribution in [0.15, 0.2) is 48.5 Å². The Hall–Kier alpha value is -3.02. The molecule has 0 saturated carbocycles. The van der Waals surface area contributed by atoms with Crippen molar-refractivity contribution in [3.8, 4) is 17.2 Å². The summed E-state index contributed by atoms with van der Waals surface area (Å²) in [6.45, 7) is 2.48. The van der Waals surface area contributed by atoms with Gasteiger partial charge in [0.05, 0.1) is 7.11 Å². The fourth-order valence-electron chi connectivity index (χ4n) is 3.37. The number of benzene rings is 2. The lowest BCUT2D eigenvalue weighted by Crippen LogP contribution is -2.49. The number of anilines is 1. The number of carbonyl (C=O) groups is 2. The van der Waals surface area contributed by atoms with E-state index < -0.39 is 6.04 Å². The van der Waals surface area contributed by atoms with Crippen molar-refractivity contribution in [1.82, 2.24) is 4.90 Å². The SMILES string of the molecule is CCC(=O)N1CCCC[C@@H]1C(=O)Nc1ccc(Oc2ccccc2OC)cc1. The maximum absolute atomic E-state index is 12.7. The number of carbonyl (C=O) groups excluding carboxylic acids is 2. The Morgan fingerprint density at radius 1 is 1.07 bits per heavy atom. The first kappa shape index (κ1) is 19.7. The molecule has 1 saturated heterocycles. The summed E-state index contributed by atoms with van der Waals surface area (Å²) in [5.41, 5.74) is 0.673. The summed E-state index contributed by atoms with van der Waals surface area (Å²) in [6.07, 6.45) is 3.02. The maximum Gasteiger partial charge on any atom is 0.247 e. The van der Waals surface area contributed by atoms with Crippen LogP contribution in [0.5, 0.6) is 17.2 Å². The van der Waals surface area contributed by atoms with E-state index in [1.807, 2.05) is 31.2 Å². The van der Waals surface area contributed by atoms with Gasteiger partial charge in [-0.25, -0.2) is 0 Å². The second-order valence-corrected chi connectivity index (χ2v) is 6.72. The number of amides is 2. The van der Waals surface area contributed by atoms with E-state index in [4.69, 9.17) is 9.47 Å². The first-order valence-corrected chi connectivity index (χ1v) is 9.63. The molecule has 1 aliphatic rings. The highest BCUT2D eigenvalue weighted by atomic mass is 16.5. The van der Waals surface area contributed by atoms with Crippen LogP contribution in [0.4, 0.5) is 5.69 Å². The van der Waals surface area contributed by atoms with Gasteiger partial charge >= 0.3 is 0 Å². The minimum atomic E-state index is -0.397. The van der Waals surface area contributed by atoms with Crippen LogP contribution in [0.2, 0.25) is 0 Å². The second kappa shape index (κ2) is 9.26. The molecular formula is C22H26N2O4. The van der Waals surface area contributed by atoms with E-state index in [0.717, 1.165) is 12.8 Å². The van der Waals surface area contributed by atoms with Crippen molar-refractivity contribution >= 4 is 17.5 Å². The molecule has 1 fully saturated rings. The molecule has 0 aliphatic carbocycles. The fraction of sp³-hybridized carbons (Fsp3) is 0.364. The zero-order valence-corrected chi connectivity index (χ0v) is 16.3. The Bertz CT molecular complexity index is 820. The number of methoxy groups -OCH3 is 1. The Morgan fingerprint density at radius 3 is 2.46 bits per heavy atom. The average molecular weight is 382 g/mol. The summed E-state index contributed by atoms with van der Waals surface area (Å²) in [7, 11) is 1.60. The number of piperidine rings is 1. The molecule has 2 aromatic rings. The quantitative estimate of drug-likeness (QED) is 0.812. The summed E-state index contributed by atoms with van der Waals surface area (Å²) in [5.74, 6) is 1.80. The summed E-state index contributed by atoms with van der Waals surface area (Å²) < 4.78 is 11.1. The van der Waals surface area contributed by atoms with Gasteiger partial charge in [0.25, 0.3) is 0 Å². The van der Waals surface area contributed by atoms with E-state index in [1.54, 1.807) is 36.3 Å². The maximum atomic E-state index is 12.7. The lowest BCUT2D eigenvalue weighted by molar-refractivity contribution is -0.140. The van der Waals surface area contributed by atoms with Crippen molar-refractivity contribution in [3.05, 3.63) is 48.5 Å². The van der Waals surface area contributed by atoms with E-state index in [-0.39, 0.29) is 11.8 Å². The third kappa shape index (κ3) is 4.63. The van der Waals surface area contributed by atoms with Crippen molar-refractivity contribution < 1.29 is 19.1 Å². The molecule has 0 radical (unpaired) electrons. The molecule has 3 rings (SSSR count). The van der Waals surface area contributed by atoms with Gasteiger partial charge in [0.15, 0.2) is 11.5 Å². The molecule has 148 valence electrons. The summed E-state index contributed by atoms with van der Waals surface area (Å²) >= 11 is 0. The van der Waals surface area contributed by atoms with Gasteiger partial charge in [-0.3, -0.25) is 9.59 Å². The Labute approximate surface area is 165 Å². The molecular weight excluding hydrogens is 356 g/mol. The van der Waals surface area contributed by atoms with Crippen molar-refractivity contribution in [1.29, 1.82) is 0 Å². The molecule has 6 heteroatoms. The van der Waals surface area contributed by atoms with E-state index in [2.05, 4.69) is 5.32 Å². The number of para-hydroxylation sites is 2. The van der Waals surface area contributed by atoms with Crippen molar-refractivity contribution in [2.24, 2.45) is 0 Å². The molecule has 28 heavy (non-hydrogen) atoms. The highest BCUT2D eigenvalue weighted by molar-refractivity contribution is 5.97. The van der Waals surface area contributed by atoms with Crippen LogP contribution < -0.4 is 14.8 Å². The summed E-state index contributed by atoms with van der Waals surface area (Å²) in [5, 5.41) is 2.92. The minimum absolute atomic E-state index is 0.0282. The number of hydrogen-bond acceptors (Lipinski definition) is 4. The smallest absolute Gasteiger partial charge is 0.247 e. The Morgan fingerprint density at radius 2 is 1.79 bits per heavy atom. The van der Waals surface area contributed by atoms with Gasteiger partial charge in [-0.2, -0.15) is 0 Å². The Kier molecular flexibility index (Phi) is 6.53. The van der Waals surface area contributed by atoms with Gasteiger partial charge in [-0.05, 0) is 55.7 Å². The first-order valence-electron chi connectivity index (χ1n) is 9.63. The molecule has 1 atom stereocenters. The normalized spacial score (nSPS) is 16.4. The Balaban J connectivity index is 1.65. The van der Waals surface area contributed by atoms with Gasteiger partial charge < -0.3 is 19.7 Å². The van der Waals surface area contributed by atoms with Crippen LogP contribution in [0.25, 0.3) is 0 Å². The average Bonchev–Trinajstić information content (AvgIpc) is 2.75. The molecule has 2 amide bonds. The van der Waals surface area contributed by atoms with Gasteiger partial charge in [0.1, 0.15) is 11.8 Å². The predicted octanol–water partition coefficient (Wildman–Crippen LogP) is 4.22. The third-order valence-electron chi connectivity index (χ3n) is 4.85. The van der Waals surface area contributed by atoms with Gasteiger partial charge in [-0.1, -0.05) is 19.1 Å². The van der Waals surface area contributed by atoms with Crippen LogP contribution in [-0.2, 0) is 9.59 Å². The zero-order chi connectivity index (χ0) is 19.9. The van der Waals surface area contributed by atoms with Crippen LogP contribution in [0.1, 0.15) is 32.6 Å². The topological polar surface area (TPSA) is 67.9 Å². The monoisotopic (exact) mass is 382 g/mol. The molecule has 0 spiro atoms. The van der Waals surface area contributed by atoms with E-state index in [1.165, 1.54) is 0 Å². The third-order valence-corrected chi connectivity index (χ3v) is 4.85. The van der Waals surface area contributed by atoms with E-state index in [9.17, 15) is 9.59 Å². The molecule has 0 aromatic heterocycles.